The van der Waals surface area contributed by atoms with Crippen LogP contribution < -0.4 is 10.2 Å². The van der Waals surface area contributed by atoms with Crippen LogP contribution in [0.4, 0.5) is 16.2 Å². The number of hydrogen-bond acceptors (Lipinski definition) is 3. The summed E-state index contributed by atoms with van der Waals surface area (Å²) in [6, 6.07) is 16.5. The van der Waals surface area contributed by atoms with Crippen LogP contribution in [0.25, 0.3) is 0 Å². The van der Waals surface area contributed by atoms with Gasteiger partial charge in [-0.3, -0.25) is 4.90 Å². The van der Waals surface area contributed by atoms with Gasteiger partial charge in [-0.25, -0.2) is 4.79 Å². The molecule has 28 heavy (non-hydrogen) atoms. The van der Waals surface area contributed by atoms with E-state index >= 15 is 0 Å². The Bertz CT molecular complexity index is 956. The number of hydrogen-bond donors (Lipinski definition) is 1. The highest BCUT2D eigenvalue weighted by molar-refractivity contribution is 6.30. The molecule has 3 aromatic rings. The van der Waals surface area contributed by atoms with Gasteiger partial charge in [-0.1, -0.05) is 42.3 Å². The van der Waals surface area contributed by atoms with Gasteiger partial charge in [0.1, 0.15) is 5.82 Å². The fourth-order valence-corrected chi connectivity index (χ4v) is 3.64. The number of carbonyl (C=O) groups is 1. The highest BCUT2D eigenvalue weighted by Crippen LogP contribution is 2.22. The fourth-order valence-electron chi connectivity index (χ4n) is 3.45. The number of benzene rings is 2. The molecule has 6 nitrogen and oxygen atoms in total. The third-order valence-electron chi connectivity index (χ3n) is 4.87. The minimum Gasteiger partial charge on any atom is -0.313 e. The summed E-state index contributed by atoms with van der Waals surface area (Å²) in [7, 11) is 0. The standard InChI is InChI=1S/C21H22ClN5O/c22-16-8-7-9-17(14-16)23-21(28)27(18-10-3-1-4-11-18)15-20-25-24-19-12-5-2-6-13-26(19)20/h1,3-4,7-11,14H,2,5-6,12-13,15H2,(H,23,28). The molecule has 0 saturated heterocycles. The predicted molar refractivity (Wildman–Crippen MR) is 111 cm³/mol. The Morgan fingerprint density at radius 1 is 1.07 bits per heavy atom. The maximum absolute atomic E-state index is 13.1. The molecule has 0 aliphatic carbocycles. The van der Waals surface area contributed by atoms with Crippen molar-refractivity contribution in [1.82, 2.24) is 14.8 Å². The van der Waals surface area contributed by atoms with Crippen molar-refractivity contribution in [1.29, 1.82) is 0 Å². The van der Waals surface area contributed by atoms with Crippen LogP contribution in [0.3, 0.4) is 0 Å². The number of fused-ring (bicyclic) bond motifs is 1. The number of nitrogens with one attached hydrogen (secondary N) is 1. The van der Waals surface area contributed by atoms with Crippen LogP contribution in [-0.4, -0.2) is 20.8 Å². The first kappa shape index (κ1) is 18.5. The summed E-state index contributed by atoms with van der Waals surface area (Å²) in [6.45, 7) is 1.25. The van der Waals surface area contributed by atoms with Gasteiger partial charge >= 0.3 is 6.03 Å². The Hall–Kier alpha value is -2.86. The lowest BCUT2D eigenvalue weighted by molar-refractivity contribution is 0.256. The predicted octanol–water partition coefficient (Wildman–Crippen LogP) is 4.90. The Morgan fingerprint density at radius 3 is 2.75 bits per heavy atom. The summed E-state index contributed by atoms with van der Waals surface area (Å²) < 4.78 is 2.16. The number of aromatic nitrogens is 3. The molecule has 0 fully saturated rings. The zero-order chi connectivity index (χ0) is 19.3. The number of aryl methyl sites for hydroxylation is 1. The zero-order valence-corrected chi connectivity index (χ0v) is 16.3. The molecule has 0 spiro atoms. The van der Waals surface area contributed by atoms with Crippen molar-refractivity contribution in [2.24, 2.45) is 0 Å². The Kier molecular flexibility index (Phi) is 5.58. The van der Waals surface area contributed by atoms with Gasteiger partial charge in [-0.15, -0.1) is 10.2 Å². The molecule has 0 atom stereocenters. The molecule has 2 amide bonds. The number of carbonyl (C=O) groups excluding carboxylic acids is 1. The summed E-state index contributed by atoms with van der Waals surface area (Å²) >= 11 is 6.05. The third kappa shape index (κ3) is 4.17. The van der Waals surface area contributed by atoms with Crippen molar-refractivity contribution in [3.05, 3.63) is 71.3 Å². The molecule has 2 aromatic carbocycles. The second-order valence-electron chi connectivity index (χ2n) is 6.86. The largest absolute Gasteiger partial charge is 0.326 e. The van der Waals surface area contributed by atoms with Gasteiger partial charge in [0.05, 0.1) is 6.54 Å². The number of anilines is 2. The number of urea groups is 1. The Labute approximate surface area is 169 Å². The maximum atomic E-state index is 13.1. The van der Waals surface area contributed by atoms with Crippen LogP contribution in [0, 0.1) is 0 Å². The lowest BCUT2D eigenvalue weighted by atomic mass is 10.2. The average molecular weight is 396 g/mol. The van der Waals surface area contributed by atoms with Gasteiger partial charge in [-0.05, 0) is 43.2 Å². The summed E-state index contributed by atoms with van der Waals surface area (Å²) in [5, 5.41) is 12.2. The van der Waals surface area contributed by atoms with Gasteiger partial charge in [0.2, 0.25) is 0 Å². The highest BCUT2D eigenvalue weighted by Gasteiger charge is 2.22. The summed E-state index contributed by atoms with van der Waals surface area (Å²) in [6.07, 6.45) is 4.38. The summed E-state index contributed by atoms with van der Waals surface area (Å²) in [5.74, 6) is 1.82. The number of halogens is 1. The van der Waals surface area contributed by atoms with Gasteiger partial charge in [0, 0.05) is 29.4 Å². The number of amides is 2. The molecule has 1 N–H and O–H groups in total. The van der Waals surface area contributed by atoms with Crippen molar-refractivity contribution in [3.8, 4) is 0 Å². The van der Waals surface area contributed by atoms with E-state index in [1.165, 1.54) is 6.42 Å². The number of para-hydroxylation sites is 1. The first-order valence-corrected chi connectivity index (χ1v) is 9.88. The van der Waals surface area contributed by atoms with Gasteiger partial charge < -0.3 is 9.88 Å². The summed E-state index contributed by atoms with van der Waals surface area (Å²) in [4.78, 5) is 14.8. The van der Waals surface area contributed by atoms with Gasteiger partial charge in [0.15, 0.2) is 5.82 Å². The van der Waals surface area contributed by atoms with Crippen LogP contribution in [0.15, 0.2) is 54.6 Å². The fraction of sp³-hybridized carbons (Fsp3) is 0.286. The van der Waals surface area contributed by atoms with Crippen LogP contribution >= 0.6 is 11.6 Å². The van der Waals surface area contributed by atoms with Gasteiger partial charge in [-0.2, -0.15) is 0 Å². The third-order valence-corrected chi connectivity index (χ3v) is 5.11. The number of nitrogens with zero attached hydrogens (tertiary/aromatic N) is 4. The molecule has 1 aromatic heterocycles. The zero-order valence-electron chi connectivity index (χ0n) is 15.5. The molecule has 4 rings (SSSR count). The number of rotatable bonds is 4. The van der Waals surface area contributed by atoms with E-state index in [1.54, 1.807) is 17.0 Å². The van der Waals surface area contributed by atoms with E-state index in [0.717, 1.165) is 43.1 Å². The Morgan fingerprint density at radius 2 is 1.93 bits per heavy atom. The lowest BCUT2D eigenvalue weighted by Gasteiger charge is -2.23. The normalized spacial score (nSPS) is 13.5. The molecular formula is C21H22ClN5O. The first-order chi connectivity index (χ1) is 13.7. The van der Waals surface area contributed by atoms with Crippen LogP contribution in [0.2, 0.25) is 5.02 Å². The maximum Gasteiger partial charge on any atom is 0.326 e. The summed E-state index contributed by atoms with van der Waals surface area (Å²) in [5.41, 5.74) is 1.45. The SMILES string of the molecule is O=C(Nc1cccc(Cl)c1)N(Cc1nnc2n1CCCCC2)c1ccccc1. The van der Waals surface area contributed by atoms with Gasteiger partial charge in [0.25, 0.3) is 0 Å². The van der Waals surface area contributed by atoms with Crippen LogP contribution in [0.5, 0.6) is 0 Å². The van der Waals surface area contributed by atoms with E-state index in [9.17, 15) is 4.79 Å². The van der Waals surface area contributed by atoms with E-state index in [-0.39, 0.29) is 6.03 Å². The molecule has 1 aliphatic heterocycles. The second kappa shape index (κ2) is 8.44. The smallest absolute Gasteiger partial charge is 0.313 e. The van der Waals surface area contributed by atoms with Crippen LogP contribution in [0.1, 0.15) is 30.9 Å². The molecule has 0 bridgehead atoms. The van der Waals surface area contributed by atoms with Crippen LogP contribution in [-0.2, 0) is 19.5 Å². The van der Waals surface area contributed by atoms with Crippen molar-refractivity contribution >= 4 is 29.0 Å². The first-order valence-electron chi connectivity index (χ1n) is 9.51. The molecule has 7 heteroatoms. The highest BCUT2D eigenvalue weighted by atomic mass is 35.5. The minimum atomic E-state index is -0.237. The molecule has 0 unspecified atom stereocenters. The lowest BCUT2D eigenvalue weighted by Crippen LogP contribution is -2.35. The van der Waals surface area contributed by atoms with Crippen molar-refractivity contribution in [2.45, 2.75) is 38.8 Å². The second-order valence-corrected chi connectivity index (χ2v) is 7.29. The quantitative estimate of drug-likeness (QED) is 0.683. The van der Waals surface area contributed by atoms with E-state index in [0.29, 0.717) is 17.3 Å². The van der Waals surface area contributed by atoms with Crippen molar-refractivity contribution < 1.29 is 4.79 Å². The average Bonchev–Trinajstić information content (AvgIpc) is 2.92. The molecule has 0 saturated carbocycles. The molecule has 2 heterocycles. The molecule has 0 radical (unpaired) electrons. The van der Waals surface area contributed by atoms with Crippen molar-refractivity contribution in [3.63, 3.8) is 0 Å². The van der Waals surface area contributed by atoms with Crippen molar-refractivity contribution in [2.75, 3.05) is 10.2 Å². The Balaban J connectivity index is 1.61. The monoisotopic (exact) mass is 395 g/mol. The molecule has 144 valence electrons. The van der Waals surface area contributed by atoms with E-state index < -0.39 is 0 Å². The topological polar surface area (TPSA) is 63.1 Å². The van der Waals surface area contributed by atoms with E-state index in [1.807, 2.05) is 42.5 Å². The minimum absolute atomic E-state index is 0.237. The van der Waals surface area contributed by atoms with E-state index in [4.69, 9.17) is 11.6 Å². The molecular weight excluding hydrogens is 374 g/mol. The van der Waals surface area contributed by atoms with E-state index in [2.05, 4.69) is 20.1 Å². The molecule has 1 aliphatic rings.